The van der Waals surface area contributed by atoms with Gasteiger partial charge >= 0.3 is 0 Å². The first kappa shape index (κ1) is 13.0. The minimum absolute atomic E-state index is 0. The Morgan fingerprint density at radius 1 is 1.67 bits per heavy atom. The monoisotopic (exact) mass is 294 g/mol. The van der Waals surface area contributed by atoms with Crippen LogP contribution in [0.5, 0.6) is 0 Å². The second-order valence-corrected chi connectivity index (χ2v) is 4.62. The molecule has 1 aromatic heterocycles. The zero-order chi connectivity index (χ0) is 10.1. The van der Waals surface area contributed by atoms with Crippen LogP contribution in [0.2, 0.25) is 0 Å². The smallest absolute Gasteiger partial charge is 0.128 e. The topological polar surface area (TPSA) is 33.1 Å². The lowest BCUT2D eigenvalue weighted by molar-refractivity contribution is 0.169. The average molecular weight is 296 g/mol. The van der Waals surface area contributed by atoms with Crippen molar-refractivity contribution in [3.05, 3.63) is 16.4 Å². The largest absolute Gasteiger partial charge is 0.314 e. The van der Waals surface area contributed by atoms with Gasteiger partial charge in [-0.05, 0) is 29.0 Å². The molecule has 1 fully saturated rings. The number of aromatic nitrogens is 2. The fourth-order valence-electron chi connectivity index (χ4n) is 1.59. The number of hydrogen-bond donors (Lipinski definition) is 1. The lowest BCUT2D eigenvalue weighted by atomic mass is 10.1. The quantitative estimate of drug-likeness (QED) is 0.903. The van der Waals surface area contributed by atoms with Gasteiger partial charge in [0, 0.05) is 32.7 Å². The van der Waals surface area contributed by atoms with Crippen molar-refractivity contribution in [1.82, 2.24) is 20.0 Å². The van der Waals surface area contributed by atoms with Gasteiger partial charge in [-0.25, -0.2) is 0 Å². The van der Waals surface area contributed by atoms with Crippen LogP contribution in [0.25, 0.3) is 0 Å². The Morgan fingerprint density at radius 2 is 2.33 bits per heavy atom. The lowest BCUT2D eigenvalue weighted by Crippen LogP contribution is -2.55. The maximum Gasteiger partial charge on any atom is 0.128 e. The van der Waals surface area contributed by atoms with E-state index in [1.54, 1.807) is 0 Å². The van der Waals surface area contributed by atoms with E-state index < -0.39 is 0 Å². The molecule has 1 aliphatic heterocycles. The summed E-state index contributed by atoms with van der Waals surface area (Å²) in [5.74, 6) is 0. The minimum atomic E-state index is 0. The average Bonchev–Trinajstić information content (AvgIpc) is 2.26. The Balaban J connectivity index is 0.00000112. The molecule has 0 aliphatic carbocycles. The van der Waals surface area contributed by atoms with E-state index in [1.165, 1.54) is 5.69 Å². The molecule has 6 heteroatoms. The highest BCUT2D eigenvalue weighted by Crippen LogP contribution is 2.13. The molecule has 0 aromatic carbocycles. The summed E-state index contributed by atoms with van der Waals surface area (Å²) in [5, 5.41) is 7.53. The number of nitrogens with one attached hydrogen (secondary N) is 1. The van der Waals surface area contributed by atoms with Crippen molar-refractivity contribution >= 4 is 28.3 Å². The van der Waals surface area contributed by atoms with Crippen molar-refractivity contribution in [3.8, 4) is 0 Å². The third kappa shape index (κ3) is 2.93. The molecule has 1 aliphatic rings. The number of likely N-dealkylation sites (N-methyl/N-ethyl adjacent to an activating group) is 1. The molecule has 86 valence electrons. The molecular formula is C9H16BrClN4. The van der Waals surface area contributed by atoms with E-state index >= 15 is 0 Å². The third-order valence-corrected chi connectivity index (χ3v) is 3.13. The van der Waals surface area contributed by atoms with Crippen LogP contribution in [0.1, 0.15) is 5.69 Å². The molecule has 0 spiro atoms. The van der Waals surface area contributed by atoms with Crippen LogP contribution in [-0.4, -0.2) is 40.9 Å². The van der Waals surface area contributed by atoms with Crippen molar-refractivity contribution in [2.75, 3.05) is 20.1 Å². The highest BCUT2D eigenvalue weighted by molar-refractivity contribution is 9.10. The Bertz CT molecular complexity index is 324. The maximum absolute atomic E-state index is 4.26. The molecule has 0 radical (unpaired) electrons. The van der Waals surface area contributed by atoms with Gasteiger partial charge < -0.3 is 5.32 Å². The highest BCUT2D eigenvalue weighted by atomic mass is 79.9. The summed E-state index contributed by atoms with van der Waals surface area (Å²) in [6.45, 7) is 3.17. The molecule has 0 amide bonds. The van der Waals surface area contributed by atoms with Crippen molar-refractivity contribution in [3.63, 3.8) is 0 Å². The molecule has 1 saturated heterocycles. The summed E-state index contributed by atoms with van der Waals surface area (Å²) in [7, 11) is 4.14. The first-order valence-electron chi connectivity index (χ1n) is 4.76. The molecule has 0 bridgehead atoms. The predicted molar refractivity (Wildman–Crippen MR) is 66.3 cm³/mol. The zero-order valence-electron chi connectivity index (χ0n) is 8.90. The molecular weight excluding hydrogens is 279 g/mol. The molecule has 0 saturated carbocycles. The Labute approximate surface area is 105 Å². The van der Waals surface area contributed by atoms with Crippen molar-refractivity contribution in [2.45, 2.75) is 12.6 Å². The van der Waals surface area contributed by atoms with Gasteiger partial charge in [-0.1, -0.05) is 0 Å². The van der Waals surface area contributed by atoms with E-state index in [1.807, 2.05) is 11.7 Å². The van der Waals surface area contributed by atoms with Crippen LogP contribution in [0.15, 0.2) is 10.7 Å². The summed E-state index contributed by atoms with van der Waals surface area (Å²) in [6.07, 6.45) is 0. The van der Waals surface area contributed by atoms with Gasteiger partial charge in [0.2, 0.25) is 0 Å². The van der Waals surface area contributed by atoms with E-state index in [4.69, 9.17) is 0 Å². The number of halogens is 2. The Hall–Kier alpha value is -0.100. The first-order chi connectivity index (χ1) is 6.66. The predicted octanol–water partition coefficient (Wildman–Crippen LogP) is 1.01. The Morgan fingerprint density at radius 3 is 2.73 bits per heavy atom. The zero-order valence-corrected chi connectivity index (χ0v) is 11.3. The summed E-state index contributed by atoms with van der Waals surface area (Å²) in [4.78, 5) is 2.36. The van der Waals surface area contributed by atoms with E-state index in [0.717, 1.165) is 24.2 Å². The van der Waals surface area contributed by atoms with Crippen LogP contribution in [0.4, 0.5) is 0 Å². The van der Waals surface area contributed by atoms with Crippen LogP contribution < -0.4 is 5.32 Å². The molecule has 1 N–H and O–H groups in total. The first-order valence-corrected chi connectivity index (χ1v) is 5.55. The fourth-order valence-corrected chi connectivity index (χ4v) is 2.09. The van der Waals surface area contributed by atoms with Gasteiger partial charge in [-0.3, -0.25) is 9.58 Å². The van der Waals surface area contributed by atoms with Crippen LogP contribution in [0.3, 0.4) is 0 Å². The summed E-state index contributed by atoms with van der Waals surface area (Å²) in [5.41, 5.74) is 1.24. The molecule has 0 atom stereocenters. The molecule has 2 heterocycles. The summed E-state index contributed by atoms with van der Waals surface area (Å²) >= 11 is 3.38. The molecule has 4 nitrogen and oxygen atoms in total. The molecule has 15 heavy (non-hydrogen) atoms. The SMILES string of the molecule is CN(Cc1cc(Br)nn1C)C1CNC1.Cl. The van der Waals surface area contributed by atoms with Gasteiger partial charge in [-0.15, -0.1) is 12.4 Å². The highest BCUT2D eigenvalue weighted by Gasteiger charge is 2.22. The van der Waals surface area contributed by atoms with Crippen molar-refractivity contribution < 1.29 is 0 Å². The second kappa shape index (κ2) is 5.30. The van der Waals surface area contributed by atoms with Gasteiger partial charge in [0.05, 0.1) is 5.69 Å². The van der Waals surface area contributed by atoms with E-state index in [2.05, 4.69) is 44.4 Å². The number of rotatable bonds is 3. The molecule has 0 unspecified atom stereocenters. The van der Waals surface area contributed by atoms with Gasteiger partial charge in [0.1, 0.15) is 4.60 Å². The number of aryl methyl sites for hydroxylation is 1. The fraction of sp³-hybridized carbons (Fsp3) is 0.667. The van der Waals surface area contributed by atoms with Crippen molar-refractivity contribution in [2.24, 2.45) is 7.05 Å². The summed E-state index contributed by atoms with van der Waals surface area (Å²) < 4.78 is 2.84. The number of nitrogens with zero attached hydrogens (tertiary/aromatic N) is 3. The van der Waals surface area contributed by atoms with Gasteiger partial charge in [0.25, 0.3) is 0 Å². The van der Waals surface area contributed by atoms with Crippen molar-refractivity contribution in [1.29, 1.82) is 0 Å². The Kier molecular flexibility index (Phi) is 4.58. The van der Waals surface area contributed by atoms with Crippen LogP contribution >= 0.6 is 28.3 Å². The standard InChI is InChI=1S/C9H15BrN4.ClH/c1-13(8-4-11-5-8)6-7-3-9(10)12-14(7)2;/h3,8,11H,4-6H2,1-2H3;1H. The van der Waals surface area contributed by atoms with Crippen LogP contribution in [-0.2, 0) is 13.6 Å². The van der Waals surface area contributed by atoms with E-state index in [-0.39, 0.29) is 12.4 Å². The van der Waals surface area contributed by atoms with Gasteiger partial charge in [0.15, 0.2) is 0 Å². The van der Waals surface area contributed by atoms with E-state index in [9.17, 15) is 0 Å². The summed E-state index contributed by atoms with van der Waals surface area (Å²) in [6, 6.07) is 2.76. The molecule has 1 aromatic rings. The third-order valence-electron chi connectivity index (χ3n) is 2.74. The molecule has 2 rings (SSSR count). The van der Waals surface area contributed by atoms with Crippen LogP contribution in [0, 0.1) is 0 Å². The second-order valence-electron chi connectivity index (χ2n) is 3.81. The maximum atomic E-state index is 4.26. The normalized spacial score (nSPS) is 16.3. The number of hydrogen-bond acceptors (Lipinski definition) is 3. The lowest BCUT2D eigenvalue weighted by Gasteiger charge is -2.35. The van der Waals surface area contributed by atoms with Gasteiger partial charge in [-0.2, -0.15) is 5.10 Å². The van der Waals surface area contributed by atoms with E-state index in [0.29, 0.717) is 6.04 Å². The minimum Gasteiger partial charge on any atom is -0.314 e.